The Kier molecular flexibility index (Phi) is 8.64. The number of carbonyl (C=O) groups excluding carboxylic acids is 1. The molecule has 1 aliphatic heterocycles. The molecule has 1 aliphatic rings. The molecule has 0 atom stereocenters. The molecule has 0 saturated carbocycles. The zero-order valence-electron chi connectivity index (χ0n) is 20.1. The number of halogens is 1. The Balaban J connectivity index is 1.55. The molecule has 0 aliphatic carbocycles. The van der Waals surface area contributed by atoms with Crippen LogP contribution in [0.4, 0.5) is 5.69 Å². The quantitative estimate of drug-likeness (QED) is 0.476. The number of nitrogens with zero attached hydrogens (tertiary/aromatic N) is 1. The van der Waals surface area contributed by atoms with Crippen LogP contribution in [0.2, 0.25) is 5.02 Å². The van der Waals surface area contributed by atoms with Crippen molar-refractivity contribution in [2.24, 2.45) is 0 Å². The smallest absolute Gasteiger partial charge is 0.238 e. The van der Waals surface area contributed by atoms with Crippen LogP contribution in [0.1, 0.15) is 30.9 Å². The van der Waals surface area contributed by atoms with E-state index in [-0.39, 0.29) is 12.5 Å². The van der Waals surface area contributed by atoms with Crippen LogP contribution in [-0.2, 0) is 16.1 Å². The highest BCUT2D eigenvalue weighted by molar-refractivity contribution is 6.31. The maximum atomic E-state index is 13.1. The number of anilines is 1. The molecule has 0 unspecified atom stereocenters. The average Bonchev–Trinajstić information content (AvgIpc) is 2.84. The second kappa shape index (κ2) is 12.1. The van der Waals surface area contributed by atoms with Crippen LogP contribution in [0.5, 0.6) is 17.2 Å². The number of ether oxygens (including phenoxy) is 3. The first-order chi connectivity index (χ1) is 17.0. The van der Waals surface area contributed by atoms with Crippen LogP contribution in [0.25, 0.3) is 0 Å². The standard InChI is InChI=1S/C28H31ClN2O4/c1-20(2)22-9-7-21(8-10-22)18-31-13-14-33-15-16-34-26-5-3-4-6-27(26)35-25-12-11-23(29)17-24(25)30-28(32)19-31/h3-12,17,20H,13-16,18-19H2,1-2H3,(H,30,32). The van der Waals surface area contributed by atoms with Crippen molar-refractivity contribution in [3.8, 4) is 17.2 Å². The molecule has 0 saturated heterocycles. The second-order valence-electron chi connectivity index (χ2n) is 8.81. The van der Waals surface area contributed by atoms with Crippen molar-refractivity contribution in [1.29, 1.82) is 0 Å². The number of para-hydroxylation sites is 2. The van der Waals surface area contributed by atoms with E-state index in [4.69, 9.17) is 25.8 Å². The van der Waals surface area contributed by atoms with Gasteiger partial charge in [0.25, 0.3) is 0 Å². The number of amides is 1. The first-order valence-corrected chi connectivity index (χ1v) is 12.2. The predicted octanol–water partition coefficient (Wildman–Crippen LogP) is 6.11. The largest absolute Gasteiger partial charge is 0.487 e. The molecule has 3 aromatic carbocycles. The van der Waals surface area contributed by atoms with E-state index in [1.54, 1.807) is 18.2 Å². The van der Waals surface area contributed by atoms with Gasteiger partial charge < -0.3 is 19.5 Å². The van der Waals surface area contributed by atoms with Gasteiger partial charge >= 0.3 is 0 Å². The summed E-state index contributed by atoms with van der Waals surface area (Å²) in [4.78, 5) is 15.1. The lowest BCUT2D eigenvalue weighted by Gasteiger charge is -2.22. The number of rotatable bonds is 3. The van der Waals surface area contributed by atoms with Crippen molar-refractivity contribution in [3.63, 3.8) is 0 Å². The van der Waals surface area contributed by atoms with Gasteiger partial charge in [0.1, 0.15) is 6.61 Å². The van der Waals surface area contributed by atoms with Gasteiger partial charge in [-0.15, -0.1) is 0 Å². The SMILES string of the molecule is CC(C)c1ccc(CN2CCOCCOc3ccccc3Oc3ccc(Cl)cc3NC(=O)C2)cc1. The third kappa shape index (κ3) is 7.21. The minimum Gasteiger partial charge on any atom is -0.487 e. The van der Waals surface area contributed by atoms with E-state index in [1.807, 2.05) is 24.3 Å². The van der Waals surface area contributed by atoms with Crippen molar-refractivity contribution < 1.29 is 19.0 Å². The second-order valence-corrected chi connectivity index (χ2v) is 9.24. The Bertz CT molecular complexity index is 1130. The van der Waals surface area contributed by atoms with Crippen molar-refractivity contribution in [3.05, 3.63) is 82.9 Å². The molecule has 0 aromatic heterocycles. The molecule has 1 heterocycles. The van der Waals surface area contributed by atoms with Gasteiger partial charge in [0.2, 0.25) is 5.91 Å². The van der Waals surface area contributed by atoms with E-state index in [2.05, 4.69) is 48.3 Å². The number of hydrogen-bond donors (Lipinski definition) is 1. The molecule has 4 rings (SSSR count). The number of benzene rings is 3. The molecular weight excluding hydrogens is 464 g/mol. The minimum atomic E-state index is -0.157. The lowest BCUT2D eigenvalue weighted by Crippen LogP contribution is -2.35. The molecule has 6 nitrogen and oxygen atoms in total. The fourth-order valence-electron chi connectivity index (χ4n) is 3.84. The van der Waals surface area contributed by atoms with Crippen LogP contribution < -0.4 is 14.8 Å². The highest BCUT2D eigenvalue weighted by atomic mass is 35.5. The van der Waals surface area contributed by atoms with E-state index in [0.717, 1.165) is 5.56 Å². The number of hydrogen-bond acceptors (Lipinski definition) is 5. The topological polar surface area (TPSA) is 60.0 Å². The Labute approximate surface area is 211 Å². The summed E-state index contributed by atoms with van der Waals surface area (Å²) in [5, 5.41) is 3.47. The Hall–Kier alpha value is -3.06. The molecule has 1 amide bonds. The minimum absolute atomic E-state index is 0.157. The molecule has 0 radical (unpaired) electrons. The number of fused-ring (bicyclic) bond motifs is 2. The van der Waals surface area contributed by atoms with Gasteiger partial charge in [-0.1, -0.05) is 61.8 Å². The maximum absolute atomic E-state index is 13.1. The monoisotopic (exact) mass is 494 g/mol. The zero-order valence-corrected chi connectivity index (χ0v) is 20.9. The Morgan fingerprint density at radius 3 is 2.49 bits per heavy atom. The Morgan fingerprint density at radius 2 is 1.71 bits per heavy atom. The van der Waals surface area contributed by atoms with E-state index < -0.39 is 0 Å². The van der Waals surface area contributed by atoms with E-state index in [1.165, 1.54) is 5.56 Å². The zero-order chi connectivity index (χ0) is 24.6. The van der Waals surface area contributed by atoms with Crippen LogP contribution in [0.3, 0.4) is 0 Å². The molecule has 0 bridgehead atoms. The van der Waals surface area contributed by atoms with Crippen molar-refractivity contribution in [2.45, 2.75) is 26.3 Å². The average molecular weight is 495 g/mol. The van der Waals surface area contributed by atoms with Crippen LogP contribution in [-0.4, -0.2) is 43.7 Å². The van der Waals surface area contributed by atoms with Crippen molar-refractivity contribution >= 4 is 23.2 Å². The van der Waals surface area contributed by atoms with Gasteiger partial charge in [-0.05, 0) is 47.4 Å². The highest BCUT2D eigenvalue weighted by Crippen LogP contribution is 2.36. The van der Waals surface area contributed by atoms with E-state index >= 15 is 0 Å². The van der Waals surface area contributed by atoms with Crippen molar-refractivity contribution in [2.75, 3.05) is 38.2 Å². The molecule has 35 heavy (non-hydrogen) atoms. The number of nitrogens with one attached hydrogen (secondary N) is 1. The van der Waals surface area contributed by atoms with Gasteiger partial charge in [0, 0.05) is 18.1 Å². The van der Waals surface area contributed by atoms with Gasteiger partial charge in [0.15, 0.2) is 17.2 Å². The van der Waals surface area contributed by atoms with Gasteiger partial charge in [-0.3, -0.25) is 9.69 Å². The Morgan fingerprint density at radius 1 is 0.943 bits per heavy atom. The molecule has 1 N–H and O–H groups in total. The van der Waals surface area contributed by atoms with Crippen molar-refractivity contribution in [1.82, 2.24) is 4.90 Å². The summed E-state index contributed by atoms with van der Waals surface area (Å²) in [6.45, 7) is 7.11. The summed E-state index contributed by atoms with van der Waals surface area (Å²) >= 11 is 6.23. The predicted molar refractivity (Wildman–Crippen MR) is 139 cm³/mol. The third-order valence-electron chi connectivity index (χ3n) is 5.74. The molecular formula is C28H31ClN2O4. The lowest BCUT2D eigenvalue weighted by molar-refractivity contribution is -0.117. The highest BCUT2D eigenvalue weighted by Gasteiger charge is 2.16. The van der Waals surface area contributed by atoms with Gasteiger partial charge in [-0.2, -0.15) is 0 Å². The first-order valence-electron chi connectivity index (χ1n) is 11.9. The van der Waals surface area contributed by atoms with E-state index in [9.17, 15) is 4.79 Å². The van der Waals surface area contributed by atoms with Gasteiger partial charge in [0.05, 0.1) is 25.4 Å². The first kappa shape index (κ1) is 25.0. The molecule has 0 spiro atoms. The molecule has 7 heteroatoms. The normalized spacial score (nSPS) is 15.6. The molecule has 0 fully saturated rings. The summed E-state index contributed by atoms with van der Waals surface area (Å²) in [6, 6.07) is 21.1. The van der Waals surface area contributed by atoms with Crippen LogP contribution in [0, 0.1) is 0 Å². The van der Waals surface area contributed by atoms with Gasteiger partial charge in [-0.25, -0.2) is 0 Å². The molecule has 184 valence electrons. The summed E-state index contributed by atoms with van der Waals surface area (Å²) in [5.74, 6) is 1.96. The summed E-state index contributed by atoms with van der Waals surface area (Å²) in [6.07, 6.45) is 0. The maximum Gasteiger partial charge on any atom is 0.238 e. The molecule has 3 aromatic rings. The van der Waals surface area contributed by atoms with Crippen LogP contribution >= 0.6 is 11.6 Å². The fraction of sp³-hybridized carbons (Fsp3) is 0.321. The third-order valence-corrected chi connectivity index (χ3v) is 5.98. The van der Waals surface area contributed by atoms with E-state index in [0.29, 0.717) is 66.8 Å². The van der Waals surface area contributed by atoms with Crippen LogP contribution in [0.15, 0.2) is 66.7 Å². The fourth-order valence-corrected chi connectivity index (χ4v) is 4.01. The number of carbonyl (C=O) groups is 1. The summed E-state index contributed by atoms with van der Waals surface area (Å²) in [5.41, 5.74) is 2.94. The summed E-state index contributed by atoms with van der Waals surface area (Å²) in [7, 11) is 0. The lowest BCUT2D eigenvalue weighted by atomic mass is 10.0. The summed E-state index contributed by atoms with van der Waals surface area (Å²) < 4.78 is 17.8.